The van der Waals surface area contributed by atoms with Gasteiger partial charge in [0.15, 0.2) is 11.5 Å². The van der Waals surface area contributed by atoms with E-state index in [0.29, 0.717) is 0 Å². The van der Waals surface area contributed by atoms with Crippen LogP contribution in [0.25, 0.3) is 11.1 Å². The highest BCUT2D eigenvalue weighted by Gasteiger charge is 2.27. The van der Waals surface area contributed by atoms with E-state index in [1.807, 2.05) is 4.98 Å². The average Bonchev–Trinajstić information content (AvgIpc) is 2.61. The SMILES string of the molecule is CCOc1cc(-c2c(C(=O)O)c(N)[nH]c(=O)c2C(=O)O)ccc1OC(=O)C(C)C. The molecule has 5 N–H and O–H groups in total. The van der Waals surface area contributed by atoms with Crippen LogP contribution in [-0.2, 0) is 4.79 Å². The summed E-state index contributed by atoms with van der Waals surface area (Å²) in [5.74, 6) is -4.42. The molecule has 2 rings (SSSR count). The number of ether oxygens (including phenoxy) is 2. The largest absolute Gasteiger partial charge is 0.490 e. The number of rotatable bonds is 7. The van der Waals surface area contributed by atoms with E-state index in [2.05, 4.69) is 0 Å². The van der Waals surface area contributed by atoms with E-state index in [-0.39, 0.29) is 29.2 Å². The van der Waals surface area contributed by atoms with Gasteiger partial charge in [-0.15, -0.1) is 0 Å². The Labute approximate surface area is 164 Å². The van der Waals surface area contributed by atoms with Crippen LogP contribution in [-0.4, -0.2) is 39.7 Å². The average molecular weight is 404 g/mol. The maximum Gasteiger partial charge on any atom is 0.342 e. The topological polar surface area (TPSA) is 169 Å². The van der Waals surface area contributed by atoms with E-state index in [0.717, 1.165) is 0 Å². The van der Waals surface area contributed by atoms with Crippen molar-refractivity contribution in [3.63, 3.8) is 0 Å². The van der Waals surface area contributed by atoms with Gasteiger partial charge in [-0.05, 0) is 24.6 Å². The number of pyridine rings is 1. The van der Waals surface area contributed by atoms with E-state index in [1.54, 1.807) is 20.8 Å². The minimum absolute atomic E-state index is 0.0467. The van der Waals surface area contributed by atoms with Gasteiger partial charge in [0, 0.05) is 5.56 Å². The molecule has 10 heteroatoms. The summed E-state index contributed by atoms with van der Waals surface area (Å²) in [5.41, 5.74) is 2.88. The lowest BCUT2D eigenvalue weighted by molar-refractivity contribution is -0.137. The predicted molar refractivity (Wildman–Crippen MR) is 102 cm³/mol. The Morgan fingerprint density at radius 2 is 1.72 bits per heavy atom. The Balaban J connectivity index is 2.79. The van der Waals surface area contributed by atoms with Gasteiger partial charge >= 0.3 is 17.9 Å². The smallest absolute Gasteiger partial charge is 0.342 e. The van der Waals surface area contributed by atoms with E-state index < -0.39 is 46.3 Å². The highest BCUT2D eigenvalue weighted by molar-refractivity contribution is 6.07. The van der Waals surface area contributed by atoms with Crippen LogP contribution in [0.5, 0.6) is 11.5 Å². The van der Waals surface area contributed by atoms with Crippen LogP contribution in [0.1, 0.15) is 41.5 Å². The highest BCUT2D eigenvalue weighted by atomic mass is 16.6. The molecule has 0 radical (unpaired) electrons. The number of benzene rings is 1. The van der Waals surface area contributed by atoms with Gasteiger partial charge in [-0.2, -0.15) is 0 Å². The fourth-order valence-corrected chi connectivity index (χ4v) is 2.58. The monoisotopic (exact) mass is 404 g/mol. The number of hydrogen-bond donors (Lipinski definition) is 4. The van der Waals surface area contributed by atoms with Crippen molar-refractivity contribution in [1.29, 1.82) is 0 Å². The highest BCUT2D eigenvalue weighted by Crippen LogP contribution is 2.36. The maximum atomic E-state index is 12.1. The van der Waals surface area contributed by atoms with Crippen molar-refractivity contribution in [2.45, 2.75) is 20.8 Å². The van der Waals surface area contributed by atoms with Crippen molar-refractivity contribution < 1.29 is 34.1 Å². The number of carboxylic acids is 2. The second kappa shape index (κ2) is 8.46. The zero-order valence-electron chi connectivity index (χ0n) is 15.9. The Kier molecular flexibility index (Phi) is 6.27. The van der Waals surface area contributed by atoms with Crippen LogP contribution in [0.2, 0.25) is 0 Å². The number of nitrogens with one attached hydrogen (secondary N) is 1. The summed E-state index contributed by atoms with van der Waals surface area (Å²) in [6, 6.07) is 3.94. The van der Waals surface area contributed by atoms with Crippen molar-refractivity contribution in [3.05, 3.63) is 39.7 Å². The lowest BCUT2D eigenvalue weighted by Crippen LogP contribution is -2.24. The molecule has 29 heavy (non-hydrogen) atoms. The van der Waals surface area contributed by atoms with Crippen LogP contribution < -0.4 is 20.8 Å². The second-order valence-electron chi connectivity index (χ2n) is 6.27. The first-order valence-corrected chi connectivity index (χ1v) is 8.59. The van der Waals surface area contributed by atoms with Gasteiger partial charge in [-0.1, -0.05) is 19.9 Å². The molecule has 0 fully saturated rings. The lowest BCUT2D eigenvalue weighted by atomic mass is 9.95. The fraction of sp³-hybridized carbons (Fsp3) is 0.263. The lowest BCUT2D eigenvalue weighted by Gasteiger charge is -2.16. The molecule has 0 spiro atoms. The third-order valence-electron chi connectivity index (χ3n) is 3.89. The number of carbonyl (C=O) groups is 3. The Hall–Kier alpha value is -3.82. The standard InChI is InChI=1S/C19H20N2O8/c1-4-28-11-7-9(5-6-10(11)29-19(27)8(2)3)12-13(17(23)24)15(20)21-16(22)14(12)18(25)26/h5-8H,4H2,1-3H3,(H,23,24)(H,25,26)(H3,20,21,22). The minimum atomic E-state index is -1.63. The first-order valence-electron chi connectivity index (χ1n) is 8.59. The molecule has 0 atom stereocenters. The first-order chi connectivity index (χ1) is 13.6. The molecule has 0 amide bonds. The molecule has 1 aromatic carbocycles. The molecule has 1 heterocycles. The number of esters is 1. The molecule has 0 unspecified atom stereocenters. The number of aromatic amines is 1. The van der Waals surface area contributed by atoms with Gasteiger partial charge in [-0.25, -0.2) is 9.59 Å². The summed E-state index contributed by atoms with van der Waals surface area (Å²) >= 11 is 0. The van der Waals surface area contributed by atoms with Crippen molar-refractivity contribution in [2.75, 3.05) is 12.3 Å². The van der Waals surface area contributed by atoms with E-state index in [4.69, 9.17) is 15.2 Å². The normalized spacial score (nSPS) is 10.6. The second-order valence-corrected chi connectivity index (χ2v) is 6.27. The van der Waals surface area contributed by atoms with Gasteiger partial charge in [0.25, 0.3) is 5.56 Å². The van der Waals surface area contributed by atoms with Crippen LogP contribution in [0, 0.1) is 5.92 Å². The van der Waals surface area contributed by atoms with Gasteiger partial charge in [0.05, 0.1) is 12.5 Å². The third kappa shape index (κ3) is 4.37. The summed E-state index contributed by atoms with van der Waals surface area (Å²) < 4.78 is 10.7. The molecule has 0 aliphatic carbocycles. The van der Waals surface area contributed by atoms with E-state index in [9.17, 15) is 29.4 Å². The first kappa shape index (κ1) is 21.5. The molecule has 2 aromatic rings. The van der Waals surface area contributed by atoms with E-state index in [1.165, 1.54) is 18.2 Å². The number of carbonyl (C=O) groups excluding carboxylic acids is 1. The van der Waals surface area contributed by atoms with Gasteiger partial charge in [0.2, 0.25) is 0 Å². The van der Waals surface area contributed by atoms with Crippen molar-refractivity contribution in [2.24, 2.45) is 5.92 Å². The number of carboxylic acid groups (broad SMARTS) is 2. The molecular formula is C19H20N2O8. The van der Waals surface area contributed by atoms with Crippen molar-refractivity contribution >= 4 is 23.7 Å². The number of H-pyrrole nitrogens is 1. The molecule has 0 bridgehead atoms. The fourth-order valence-electron chi connectivity index (χ4n) is 2.58. The Morgan fingerprint density at radius 3 is 2.24 bits per heavy atom. The van der Waals surface area contributed by atoms with Crippen LogP contribution in [0.15, 0.2) is 23.0 Å². The molecular weight excluding hydrogens is 384 g/mol. The maximum absolute atomic E-state index is 12.1. The summed E-state index contributed by atoms with van der Waals surface area (Å²) in [7, 11) is 0. The summed E-state index contributed by atoms with van der Waals surface area (Å²) in [4.78, 5) is 49.4. The Bertz CT molecular complexity index is 1040. The van der Waals surface area contributed by atoms with E-state index >= 15 is 0 Å². The summed E-state index contributed by atoms with van der Waals surface area (Å²) in [6.07, 6.45) is 0. The van der Waals surface area contributed by atoms with Crippen LogP contribution in [0.3, 0.4) is 0 Å². The molecule has 0 saturated carbocycles. The Morgan fingerprint density at radius 1 is 1.10 bits per heavy atom. The number of anilines is 1. The number of hydrogen-bond acceptors (Lipinski definition) is 7. The molecule has 0 aliphatic rings. The predicted octanol–water partition coefficient (Wildman–Crippen LogP) is 1.98. The van der Waals surface area contributed by atoms with Crippen molar-refractivity contribution in [1.82, 2.24) is 4.98 Å². The zero-order chi connectivity index (χ0) is 21.9. The number of nitrogens with two attached hydrogens (primary N) is 1. The summed E-state index contributed by atoms with van der Waals surface area (Å²) in [6.45, 7) is 5.16. The molecule has 0 saturated heterocycles. The molecule has 1 aromatic heterocycles. The van der Waals surface area contributed by atoms with Crippen LogP contribution in [0.4, 0.5) is 5.82 Å². The zero-order valence-corrected chi connectivity index (χ0v) is 15.9. The summed E-state index contributed by atoms with van der Waals surface area (Å²) in [5, 5.41) is 19.0. The third-order valence-corrected chi connectivity index (χ3v) is 3.89. The van der Waals surface area contributed by atoms with Gasteiger partial charge in [-0.3, -0.25) is 9.59 Å². The number of aromatic carboxylic acids is 2. The van der Waals surface area contributed by atoms with Gasteiger partial charge < -0.3 is 30.4 Å². The number of aromatic nitrogens is 1. The quantitative estimate of drug-likeness (QED) is 0.398. The molecule has 10 nitrogen and oxygen atoms in total. The van der Waals surface area contributed by atoms with Gasteiger partial charge in [0.1, 0.15) is 16.9 Å². The minimum Gasteiger partial charge on any atom is -0.490 e. The van der Waals surface area contributed by atoms with Crippen molar-refractivity contribution in [3.8, 4) is 22.6 Å². The molecule has 154 valence electrons. The number of nitrogen functional groups attached to an aromatic ring is 1. The van der Waals surface area contributed by atoms with Crippen LogP contribution >= 0.6 is 0 Å². The molecule has 0 aliphatic heterocycles.